The third-order valence-electron chi connectivity index (χ3n) is 12.0. The normalized spacial score (nSPS) is 14.5. The molecule has 0 spiro atoms. The summed E-state index contributed by atoms with van der Waals surface area (Å²) in [5.41, 5.74) is 1.80. The first-order valence-corrected chi connectivity index (χ1v) is 24.0. The number of carbonyl (C=O) groups is 3. The summed E-state index contributed by atoms with van der Waals surface area (Å²) in [5.74, 6) is 0.325. The van der Waals surface area contributed by atoms with E-state index in [1.807, 2.05) is 24.3 Å². The maximum absolute atomic E-state index is 11.8. The standard InChI is InChI=1S/C49H65N4O15P.Cu/c1-60-35-22-38(63-4)47(39(23-35)64-5)69(48-40(65-6)24-36(61-2)25-41(48)66-7,49-42(67-8)26-37(62-3)27-43(49)68-9)32-34-12-10-33(11-13-34)28-50-14-16-51(29-44(54)55)18-20-53(31-46(58)59)21-19-52(17-15-50)30-45(56)57;/h10-13,22-27H,14-21,28-32H2,1-9H3,(H2-,54,55,56,57,58,59);/q;+2/p-2/i;1+0. The molecular weight excluding hydrogens is 979 g/mol. The van der Waals surface area contributed by atoms with Crippen LogP contribution in [0.15, 0.2) is 60.7 Å². The number of aliphatic carboxylic acids is 3. The van der Waals surface area contributed by atoms with E-state index < -0.39 is 25.2 Å². The Morgan fingerprint density at radius 1 is 0.414 bits per heavy atom. The van der Waals surface area contributed by atoms with Crippen LogP contribution in [0.5, 0.6) is 51.7 Å². The second-order valence-electron chi connectivity index (χ2n) is 16.1. The summed E-state index contributed by atoms with van der Waals surface area (Å²) >= 11 is 0. The summed E-state index contributed by atoms with van der Waals surface area (Å²) in [4.78, 5) is 42.3. The van der Waals surface area contributed by atoms with Crippen molar-refractivity contribution in [2.24, 2.45) is 0 Å². The van der Waals surface area contributed by atoms with Crippen LogP contribution in [0.25, 0.3) is 0 Å². The Hall–Kier alpha value is -5.72. The van der Waals surface area contributed by atoms with Crippen molar-refractivity contribution in [3.63, 3.8) is 0 Å². The molecule has 21 heteroatoms. The number of carboxylic acids is 3. The van der Waals surface area contributed by atoms with Gasteiger partial charge in [-0.25, -0.2) is 0 Å². The summed E-state index contributed by atoms with van der Waals surface area (Å²) in [6.45, 7) is 1.75. The summed E-state index contributed by atoms with van der Waals surface area (Å²) < 4.78 is 54.9. The minimum atomic E-state index is -3.40. The van der Waals surface area contributed by atoms with Crippen molar-refractivity contribution in [3.05, 3.63) is 71.8 Å². The molecule has 0 unspecified atom stereocenters. The van der Waals surface area contributed by atoms with Gasteiger partial charge in [0.2, 0.25) is 0 Å². The van der Waals surface area contributed by atoms with E-state index in [9.17, 15) is 29.7 Å². The second kappa shape index (κ2) is 27.0. The molecule has 1 radical (unpaired) electrons. The molecule has 4 aromatic carbocycles. The third kappa shape index (κ3) is 14.0. The first-order valence-electron chi connectivity index (χ1n) is 22.1. The first-order chi connectivity index (χ1) is 33.2. The van der Waals surface area contributed by atoms with Crippen LogP contribution in [0.4, 0.5) is 0 Å². The SMILES string of the molecule is COc1cc(OC)c([P+](Cc2ccc(CN3CCN(CC(=O)[O-])CCN(CC(=O)[O-])CCN(CC(=O)[O-])CC3)cc2)(c2c(OC)cc(OC)cc2OC)c2c(OC)cc(OC)cc2OC)c(OC)c1.[64Cu+2]. The van der Waals surface area contributed by atoms with Crippen molar-refractivity contribution >= 4 is 41.1 Å². The smallest absolute Gasteiger partial charge is 0.549 e. The molecule has 5 rings (SSSR count). The van der Waals surface area contributed by atoms with Crippen LogP contribution in [0.1, 0.15) is 11.1 Å². The topological polar surface area (TPSA) is 216 Å². The van der Waals surface area contributed by atoms with Gasteiger partial charge in [-0.15, -0.1) is 0 Å². The van der Waals surface area contributed by atoms with Crippen molar-refractivity contribution in [2.45, 2.75) is 12.7 Å². The van der Waals surface area contributed by atoms with Gasteiger partial charge in [0.1, 0.15) is 24.5 Å². The van der Waals surface area contributed by atoms with Crippen LogP contribution in [0, 0.1) is 0 Å². The van der Waals surface area contributed by atoms with E-state index in [-0.39, 0.29) is 62.9 Å². The van der Waals surface area contributed by atoms with E-state index >= 15 is 0 Å². The van der Waals surface area contributed by atoms with Crippen LogP contribution >= 0.6 is 7.26 Å². The Labute approximate surface area is 420 Å². The molecule has 1 saturated heterocycles. The largest absolute Gasteiger partial charge is 2.00 e. The average molecular weight is 1040 g/mol. The van der Waals surface area contributed by atoms with Gasteiger partial charge in [-0.3, -0.25) is 19.6 Å². The Morgan fingerprint density at radius 2 is 0.657 bits per heavy atom. The Bertz CT molecular complexity index is 2120. The number of ether oxygens (including phenoxy) is 9. The molecule has 70 heavy (non-hydrogen) atoms. The number of carboxylic acid groups (broad SMARTS) is 3. The number of rotatable bonds is 22. The van der Waals surface area contributed by atoms with Crippen LogP contribution in [0.2, 0.25) is 0 Å². The quantitative estimate of drug-likeness (QED) is 0.0698. The minimum absolute atomic E-state index is 0. The number of nitrogens with zero attached hydrogens (tertiary/aromatic N) is 4. The van der Waals surface area contributed by atoms with Crippen molar-refractivity contribution in [1.82, 2.24) is 19.6 Å². The fourth-order valence-electron chi connectivity index (χ4n) is 8.70. The number of hydrogen-bond donors (Lipinski definition) is 0. The van der Waals surface area contributed by atoms with E-state index in [1.165, 1.54) is 0 Å². The van der Waals surface area contributed by atoms with Gasteiger partial charge in [-0.05, 0) is 11.1 Å². The van der Waals surface area contributed by atoms with E-state index in [0.29, 0.717) is 107 Å². The monoisotopic (exact) mass is 1040 g/mol. The number of benzene rings is 4. The molecule has 0 N–H and O–H groups in total. The Balaban J connectivity index is 0.0000107. The van der Waals surface area contributed by atoms with Crippen LogP contribution in [-0.4, -0.2) is 173 Å². The molecule has 385 valence electrons. The van der Waals surface area contributed by atoms with E-state index in [2.05, 4.69) is 4.90 Å². The van der Waals surface area contributed by atoms with Gasteiger partial charge in [0.25, 0.3) is 0 Å². The van der Waals surface area contributed by atoms with Gasteiger partial charge in [0.05, 0.1) is 88.1 Å². The van der Waals surface area contributed by atoms with Gasteiger partial charge < -0.3 is 72.3 Å². The molecule has 0 aromatic heterocycles. The Kier molecular flexibility index (Phi) is 22.0. The van der Waals surface area contributed by atoms with Gasteiger partial charge in [0.15, 0.2) is 50.4 Å². The maximum Gasteiger partial charge on any atom is 2.00 e. The van der Waals surface area contributed by atoms with Crippen molar-refractivity contribution in [1.29, 1.82) is 0 Å². The fraction of sp³-hybridized carbons (Fsp3) is 0.449. The van der Waals surface area contributed by atoms with Crippen LogP contribution < -0.4 is 73.9 Å². The molecular formula is C49H63CuN4O15P. The summed E-state index contributed by atoms with van der Waals surface area (Å²) in [5, 5.41) is 37.2. The minimum Gasteiger partial charge on any atom is -0.549 e. The summed E-state index contributed by atoms with van der Waals surface area (Å²) in [7, 11) is 10.7. The van der Waals surface area contributed by atoms with Gasteiger partial charge >= 0.3 is 17.1 Å². The molecule has 0 amide bonds. The van der Waals surface area contributed by atoms with Crippen LogP contribution in [-0.2, 0) is 44.2 Å². The molecule has 1 fully saturated rings. The number of hydrogen-bond acceptors (Lipinski definition) is 19. The molecule has 1 aliphatic heterocycles. The molecule has 19 nitrogen and oxygen atoms in total. The molecule has 0 saturated carbocycles. The Morgan fingerprint density at radius 3 is 0.886 bits per heavy atom. The zero-order valence-corrected chi connectivity index (χ0v) is 43.0. The van der Waals surface area contributed by atoms with Crippen molar-refractivity contribution < 1.29 is 89.4 Å². The average Bonchev–Trinajstić information content (AvgIpc) is 3.35. The molecule has 1 aliphatic rings. The predicted octanol–water partition coefficient (Wildman–Crippen LogP) is -0.773. The third-order valence-corrected chi connectivity index (χ3v) is 16.5. The van der Waals surface area contributed by atoms with Crippen molar-refractivity contribution in [2.75, 3.05) is 136 Å². The number of carbonyl (C=O) groups excluding carboxylic acids is 3. The second-order valence-corrected chi connectivity index (χ2v) is 19.4. The fourth-order valence-corrected chi connectivity index (χ4v) is 13.8. The molecule has 1 heterocycles. The molecule has 0 aliphatic carbocycles. The van der Waals surface area contributed by atoms with E-state index in [1.54, 1.807) is 115 Å². The van der Waals surface area contributed by atoms with E-state index in [0.717, 1.165) is 11.1 Å². The van der Waals surface area contributed by atoms with Gasteiger partial charge in [0, 0.05) is 115 Å². The molecule has 4 aromatic rings. The van der Waals surface area contributed by atoms with Gasteiger partial charge in [-0.1, -0.05) is 24.3 Å². The maximum atomic E-state index is 11.8. The van der Waals surface area contributed by atoms with Crippen LogP contribution in [0.3, 0.4) is 0 Å². The van der Waals surface area contributed by atoms with Gasteiger partial charge in [-0.2, -0.15) is 0 Å². The van der Waals surface area contributed by atoms with E-state index in [4.69, 9.17) is 42.6 Å². The van der Waals surface area contributed by atoms with Crippen molar-refractivity contribution in [3.8, 4) is 51.7 Å². The molecule has 0 bridgehead atoms. The summed E-state index contributed by atoms with van der Waals surface area (Å²) in [6.07, 6.45) is 0.291. The zero-order chi connectivity index (χ0) is 50.3. The molecule has 0 atom stereocenters. The predicted molar refractivity (Wildman–Crippen MR) is 254 cm³/mol. The number of methoxy groups -OCH3 is 9. The summed E-state index contributed by atoms with van der Waals surface area (Å²) in [6, 6.07) is 18.9. The zero-order valence-electron chi connectivity index (χ0n) is 41.1. The first kappa shape index (κ1) is 56.9.